The van der Waals surface area contributed by atoms with E-state index in [0.717, 1.165) is 18.5 Å². The predicted octanol–water partition coefficient (Wildman–Crippen LogP) is 1.07. The van der Waals surface area contributed by atoms with Gasteiger partial charge in [0.25, 0.3) is 0 Å². The van der Waals surface area contributed by atoms with Crippen molar-refractivity contribution in [3.8, 4) is 0 Å². The Hall–Kier alpha value is -0.0800. The average molecular weight is 156 g/mol. The van der Waals surface area contributed by atoms with Gasteiger partial charge in [-0.3, -0.25) is 0 Å². The Labute approximate surface area is 69.8 Å². The van der Waals surface area contributed by atoms with Gasteiger partial charge in [0.2, 0.25) is 0 Å². The van der Waals surface area contributed by atoms with Crippen LogP contribution >= 0.6 is 0 Å². The number of rotatable bonds is 4. The maximum absolute atomic E-state index is 5.64. The van der Waals surface area contributed by atoms with Gasteiger partial charge in [-0.1, -0.05) is 13.8 Å². The standard InChI is InChI=1S/C9H20N2/c1-3-11(4-2)9-6-5-8(9)7-10/h8-9H,3-7,10H2,1-2H3. The van der Waals surface area contributed by atoms with Gasteiger partial charge < -0.3 is 10.6 Å². The zero-order valence-electron chi connectivity index (χ0n) is 7.71. The number of nitrogens with zero attached hydrogens (tertiary/aromatic N) is 1. The van der Waals surface area contributed by atoms with E-state index in [0.29, 0.717) is 0 Å². The second-order valence-electron chi connectivity index (χ2n) is 3.36. The lowest BCUT2D eigenvalue weighted by molar-refractivity contribution is 0.0759. The molecule has 66 valence electrons. The van der Waals surface area contributed by atoms with Crippen LogP contribution in [0.15, 0.2) is 0 Å². The van der Waals surface area contributed by atoms with Gasteiger partial charge in [0, 0.05) is 6.04 Å². The molecular weight excluding hydrogens is 136 g/mol. The average Bonchev–Trinajstić information content (AvgIpc) is 1.98. The van der Waals surface area contributed by atoms with E-state index in [1.165, 1.54) is 25.9 Å². The first kappa shape index (κ1) is 9.01. The third-order valence-electron chi connectivity index (χ3n) is 2.96. The van der Waals surface area contributed by atoms with Gasteiger partial charge in [0.05, 0.1) is 0 Å². The van der Waals surface area contributed by atoms with E-state index in [1.54, 1.807) is 0 Å². The first-order chi connectivity index (χ1) is 5.33. The van der Waals surface area contributed by atoms with Crippen molar-refractivity contribution in [3.05, 3.63) is 0 Å². The minimum Gasteiger partial charge on any atom is -0.330 e. The molecule has 0 aliphatic heterocycles. The van der Waals surface area contributed by atoms with E-state index in [2.05, 4.69) is 18.7 Å². The Bertz CT molecular complexity index is 108. The van der Waals surface area contributed by atoms with Crippen molar-refractivity contribution < 1.29 is 0 Å². The van der Waals surface area contributed by atoms with E-state index in [9.17, 15) is 0 Å². The number of nitrogens with two attached hydrogens (primary N) is 1. The second-order valence-corrected chi connectivity index (χ2v) is 3.36. The highest BCUT2D eigenvalue weighted by Crippen LogP contribution is 2.30. The molecule has 2 N–H and O–H groups in total. The van der Waals surface area contributed by atoms with Crippen LogP contribution in [0.5, 0.6) is 0 Å². The van der Waals surface area contributed by atoms with Crippen molar-refractivity contribution in [2.75, 3.05) is 19.6 Å². The number of hydrogen-bond donors (Lipinski definition) is 1. The van der Waals surface area contributed by atoms with Crippen molar-refractivity contribution in [1.82, 2.24) is 4.90 Å². The van der Waals surface area contributed by atoms with Crippen molar-refractivity contribution in [2.24, 2.45) is 11.7 Å². The maximum Gasteiger partial charge on any atom is 0.0135 e. The fourth-order valence-electron chi connectivity index (χ4n) is 2.00. The molecule has 2 atom stereocenters. The molecule has 0 spiro atoms. The zero-order chi connectivity index (χ0) is 8.27. The Balaban J connectivity index is 2.33. The normalized spacial score (nSPS) is 30.5. The summed E-state index contributed by atoms with van der Waals surface area (Å²) in [4.78, 5) is 2.53. The molecule has 0 bridgehead atoms. The fraction of sp³-hybridized carbons (Fsp3) is 1.00. The largest absolute Gasteiger partial charge is 0.330 e. The topological polar surface area (TPSA) is 29.3 Å². The summed E-state index contributed by atoms with van der Waals surface area (Å²) in [6.07, 6.45) is 2.71. The van der Waals surface area contributed by atoms with Crippen molar-refractivity contribution in [1.29, 1.82) is 0 Å². The van der Waals surface area contributed by atoms with Crippen LogP contribution in [0.2, 0.25) is 0 Å². The van der Waals surface area contributed by atoms with Crippen LogP contribution in [0.3, 0.4) is 0 Å². The van der Waals surface area contributed by atoms with Crippen LogP contribution in [-0.4, -0.2) is 30.6 Å². The van der Waals surface area contributed by atoms with Crippen LogP contribution in [0.25, 0.3) is 0 Å². The maximum atomic E-state index is 5.64. The van der Waals surface area contributed by atoms with Crippen LogP contribution in [-0.2, 0) is 0 Å². The molecule has 2 unspecified atom stereocenters. The second kappa shape index (κ2) is 4.07. The van der Waals surface area contributed by atoms with Gasteiger partial charge in [-0.25, -0.2) is 0 Å². The first-order valence-electron chi connectivity index (χ1n) is 4.77. The third kappa shape index (κ3) is 1.74. The third-order valence-corrected chi connectivity index (χ3v) is 2.96. The van der Waals surface area contributed by atoms with E-state index < -0.39 is 0 Å². The molecule has 0 aromatic carbocycles. The highest BCUT2D eigenvalue weighted by molar-refractivity contribution is 4.88. The molecule has 0 radical (unpaired) electrons. The summed E-state index contributed by atoms with van der Waals surface area (Å²) >= 11 is 0. The van der Waals surface area contributed by atoms with Gasteiger partial charge in [-0.05, 0) is 38.4 Å². The smallest absolute Gasteiger partial charge is 0.0135 e. The van der Waals surface area contributed by atoms with Gasteiger partial charge in [-0.2, -0.15) is 0 Å². The summed E-state index contributed by atoms with van der Waals surface area (Å²) in [5.41, 5.74) is 5.64. The van der Waals surface area contributed by atoms with Gasteiger partial charge in [0.1, 0.15) is 0 Å². The van der Waals surface area contributed by atoms with Crippen molar-refractivity contribution >= 4 is 0 Å². The van der Waals surface area contributed by atoms with Crippen molar-refractivity contribution in [2.45, 2.75) is 32.7 Å². The quantitative estimate of drug-likeness (QED) is 0.659. The molecule has 1 saturated carbocycles. The Morgan fingerprint density at radius 2 is 1.91 bits per heavy atom. The van der Waals surface area contributed by atoms with E-state index in [1.807, 2.05) is 0 Å². The summed E-state index contributed by atoms with van der Waals surface area (Å²) in [6, 6.07) is 0.801. The van der Waals surface area contributed by atoms with Crippen molar-refractivity contribution in [3.63, 3.8) is 0 Å². The zero-order valence-corrected chi connectivity index (χ0v) is 7.71. The molecule has 2 heteroatoms. The van der Waals surface area contributed by atoms with E-state index in [-0.39, 0.29) is 0 Å². The fourth-order valence-corrected chi connectivity index (χ4v) is 2.00. The van der Waals surface area contributed by atoms with E-state index in [4.69, 9.17) is 5.73 Å². The summed E-state index contributed by atoms with van der Waals surface area (Å²) < 4.78 is 0. The van der Waals surface area contributed by atoms with Gasteiger partial charge in [0.15, 0.2) is 0 Å². The highest BCUT2D eigenvalue weighted by atomic mass is 15.2. The van der Waals surface area contributed by atoms with Gasteiger partial charge in [-0.15, -0.1) is 0 Å². The van der Waals surface area contributed by atoms with E-state index >= 15 is 0 Å². The molecule has 2 nitrogen and oxygen atoms in total. The molecule has 0 aromatic rings. The Morgan fingerprint density at radius 3 is 2.18 bits per heavy atom. The molecule has 0 heterocycles. The van der Waals surface area contributed by atoms with Gasteiger partial charge >= 0.3 is 0 Å². The lowest BCUT2D eigenvalue weighted by Crippen LogP contribution is -2.49. The van der Waals surface area contributed by atoms with Crippen LogP contribution in [0.4, 0.5) is 0 Å². The Kier molecular flexibility index (Phi) is 3.34. The summed E-state index contributed by atoms with van der Waals surface area (Å²) in [7, 11) is 0. The molecule has 0 aromatic heterocycles. The molecule has 1 rings (SSSR count). The minimum absolute atomic E-state index is 0.787. The van der Waals surface area contributed by atoms with Crippen LogP contribution < -0.4 is 5.73 Å². The predicted molar refractivity (Wildman–Crippen MR) is 48.5 cm³/mol. The monoisotopic (exact) mass is 156 g/mol. The molecule has 0 saturated heterocycles. The molecule has 1 aliphatic carbocycles. The lowest BCUT2D eigenvalue weighted by Gasteiger charge is -2.43. The molecule has 1 aliphatic rings. The lowest BCUT2D eigenvalue weighted by atomic mass is 9.78. The Morgan fingerprint density at radius 1 is 1.27 bits per heavy atom. The minimum atomic E-state index is 0.787. The molecule has 1 fully saturated rings. The molecule has 11 heavy (non-hydrogen) atoms. The summed E-state index contributed by atoms with van der Waals surface area (Å²) in [5, 5.41) is 0. The SMILES string of the molecule is CCN(CC)C1CCC1CN. The summed E-state index contributed by atoms with van der Waals surface area (Å²) in [5.74, 6) is 0.787. The summed E-state index contributed by atoms with van der Waals surface area (Å²) in [6.45, 7) is 7.70. The van der Waals surface area contributed by atoms with Crippen LogP contribution in [0.1, 0.15) is 26.7 Å². The number of hydrogen-bond acceptors (Lipinski definition) is 2. The van der Waals surface area contributed by atoms with Crippen LogP contribution in [0, 0.1) is 5.92 Å². The molecular formula is C9H20N2. The molecule has 0 amide bonds. The first-order valence-corrected chi connectivity index (χ1v) is 4.77. The highest BCUT2D eigenvalue weighted by Gasteiger charge is 2.32.